The molecule has 2 N–H and O–H groups in total. The van der Waals surface area contributed by atoms with Gasteiger partial charge in [0.25, 0.3) is 0 Å². The highest BCUT2D eigenvalue weighted by Gasteiger charge is 2.09. The number of hydrogen-bond donors (Lipinski definition) is 1. The zero-order chi connectivity index (χ0) is 12.0. The lowest BCUT2D eigenvalue weighted by atomic mass is 10.1. The molecule has 0 aliphatic heterocycles. The number of benzene rings is 1. The van der Waals surface area contributed by atoms with Gasteiger partial charge >= 0.3 is 0 Å². The molecule has 0 aliphatic carbocycles. The van der Waals surface area contributed by atoms with Crippen LogP contribution < -0.4 is 5.73 Å². The summed E-state index contributed by atoms with van der Waals surface area (Å²) in [7, 11) is 0. The maximum atomic E-state index is 5.92. The fourth-order valence-corrected chi connectivity index (χ4v) is 3.23. The van der Waals surface area contributed by atoms with Gasteiger partial charge in [0.2, 0.25) is 0 Å². The van der Waals surface area contributed by atoms with Crippen LogP contribution in [-0.4, -0.2) is 22.8 Å². The first-order valence-electron chi connectivity index (χ1n) is 5.53. The smallest absolute Gasteiger partial charge is 0.0188 e. The van der Waals surface area contributed by atoms with Crippen molar-refractivity contribution in [3.05, 3.63) is 29.8 Å². The lowest BCUT2D eigenvalue weighted by Crippen LogP contribution is -2.34. The first-order valence-corrected chi connectivity index (χ1v) is 7.67. The van der Waals surface area contributed by atoms with Gasteiger partial charge in [0.15, 0.2) is 0 Å². The number of hydrogen-bond acceptors (Lipinski definition) is 3. The normalized spacial score (nSPS) is 11.8. The van der Waals surface area contributed by atoms with E-state index >= 15 is 0 Å². The third kappa shape index (κ3) is 6.46. The molecule has 0 radical (unpaired) electrons. The molecule has 16 heavy (non-hydrogen) atoms. The van der Waals surface area contributed by atoms with Gasteiger partial charge in [-0.2, -0.15) is 11.8 Å². The molecule has 0 aromatic heterocycles. The SMILES string of the molecule is Cc1ccc(SCCSCC(C)(C)N)cc1. The van der Waals surface area contributed by atoms with Crippen molar-refractivity contribution < 1.29 is 0 Å². The van der Waals surface area contributed by atoms with E-state index in [-0.39, 0.29) is 5.54 Å². The zero-order valence-electron chi connectivity index (χ0n) is 10.3. The third-order valence-corrected chi connectivity index (χ3v) is 4.70. The van der Waals surface area contributed by atoms with Gasteiger partial charge in [0, 0.05) is 27.7 Å². The van der Waals surface area contributed by atoms with E-state index in [9.17, 15) is 0 Å². The van der Waals surface area contributed by atoms with E-state index in [2.05, 4.69) is 45.0 Å². The van der Waals surface area contributed by atoms with Gasteiger partial charge in [-0.15, -0.1) is 11.8 Å². The van der Waals surface area contributed by atoms with Crippen molar-refractivity contribution in [2.45, 2.75) is 31.2 Å². The van der Waals surface area contributed by atoms with Gasteiger partial charge in [-0.1, -0.05) is 17.7 Å². The van der Waals surface area contributed by atoms with Gasteiger partial charge in [-0.05, 0) is 32.9 Å². The number of aryl methyl sites for hydroxylation is 1. The maximum absolute atomic E-state index is 5.92. The largest absolute Gasteiger partial charge is 0.325 e. The van der Waals surface area contributed by atoms with Crippen LogP contribution in [0.1, 0.15) is 19.4 Å². The van der Waals surface area contributed by atoms with E-state index in [1.54, 1.807) is 0 Å². The Balaban J connectivity index is 2.14. The summed E-state index contributed by atoms with van der Waals surface area (Å²) in [6.45, 7) is 6.27. The monoisotopic (exact) mass is 255 g/mol. The second kappa shape index (κ2) is 6.58. The van der Waals surface area contributed by atoms with Crippen molar-refractivity contribution in [2.75, 3.05) is 17.3 Å². The molecule has 0 heterocycles. The molecule has 0 bridgehead atoms. The van der Waals surface area contributed by atoms with E-state index in [1.807, 2.05) is 23.5 Å². The zero-order valence-corrected chi connectivity index (χ0v) is 12.0. The molecule has 1 aromatic rings. The lowest BCUT2D eigenvalue weighted by Gasteiger charge is -2.17. The Morgan fingerprint density at radius 1 is 1.12 bits per heavy atom. The van der Waals surface area contributed by atoms with Crippen LogP contribution in [-0.2, 0) is 0 Å². The van der Waals surface area contributed by atoms with Gasteiger partial charge in [-0.25, -0.2) is 0 Å². The Hall–Kier alpha value is -0.120. The van der Waals surface area contributed by atoms with Gasteiger partial charge in [-0.3, -0.25) is 0 Å². The van der Waals surface area contributed by atoms with Gasteiger partial charge in [0.05, 0.1) is 0 Å². The topological polar surface area (TPSA) is 26.0 Å². The van der Waals surface area contributed by atoms with Crippen LogP contribution in [0.15, 0.2) is 29.2 Å². The predicted molar refractivity (Wildman–Crippen MR) is 77.5 cm³/mol. The maximum Gasteiger partial charge on any atom is 0.0188 e. The Morgan fingerprint density at radius 3 is 2.31 bits per heavy atom. The minimum atomic E-state index is -0.0425. The summed E-state index contributed by atoms with van der Waals surface area (Å²) in [5.41, 5.74) is 7.20. The molecular weight excluding hydrogens is 234 g/mol. The lowest BCUT2D eigenvalue weighted by molar-refractivity contribution is 0.591. The summed E-state index contributed by atoms with van der Waals surface area (Å²) < 4.78 is 0. The van der Waals surface area contributed by atoms with Crippen LogP contribution in [0.25, 0.3) is 0 Å². The second-order valence-corrected chi connectivity index (χ2v) is 6.98. The highest BCUT2D eigenvalue weighted by molar-refractivity contribution is 8.03. The minimum absolute atomic E-state index is 0.0425. The van der Waals surface area contributed by atoms with Crippen LogP contribution in [0.4, 0.5) is 0 Å². The molecule has 0 saturated heterocycles. The Kier molecular flexibility index (Phi) is 5.73. The van der Waals surface area contributed by atoms with Crippen LogP contribution in [0.3, 0.4) is 0 Å². The molecule has 0 amide bonds. The average molecular weight is 255 g/mol. The summed E-state index contributed by atoms with van der Waals surface area (Å²) in [5, 5.41) is 0. The van der Waals surface area contributed by atoms with Crippen molar-refractivity contribution in [3.63, 3.8) is 0 Å². The van der Waals surface area contributed by atoms with Crippen LogP contribution in [0.5, 0.6) is 0 Å². The van der Waals surface area contributed by atoms with E-state index < -0.39 is 0 Å². The van der Waals surface area contributed by atoms with Gasteiger partial charge in [0.1, 0.15) is 0 Å². The third-order valence-electron chi connectivity index (χ3n) is 1.99. The summed E-state index contributed by atoms with van der Waals surface area (Å²) >= 11 is 3.85. The molecule has 0 fully saturated rings. The molecule has 3 heteroatoms. The molecule has 1 rings (SSSR count). The standard InChI is InChI=1S/C13H21NS2/c1-11-4-6-12(7-5-11)16-9-8-15-10-13(2,3)14/h4-7H,8-10,14H2,1-3H3. The van der Waals surface area contributed by atoms with Crippen LogP contribution >= 0.6 is 23.5 Å². The molecule has 0 unspecified atom stereocenters. The molecule has 0 aliphatic rings. The quantitative estimate of drug-likeness (QED) is 0.622. The van der Waals surface area contributed by atoms with E-state index in [0.717, 1.165) is 11.5 Å². The summed E-state index contributed by atoms with van der Waals surface area (Å²) in [6, 6.07) is 8.71. The summed E-state index contributed by atoms with van der Waals surface area (Å²) in [6.07, 6.45) is 0. The van der Waals surface area contributed by atoms with E-state index in [4.69, 9.17) is 5.73 Å². The number of nitrogens with two attached hydrogens (primary N) is 1. The minimum Gasteiger partial charge on any atom is -0.325 e. The van der Waals surface area contributed by atoms with Crippen molar-refractivity contribution in [1.29, 1.82) is 0 Å². The molecule has 0 saturated carbocycles. The van der Waals surface area contributed by atoms with Crippen molar-refractivity contribution in [1.82, 2.24) is 0 Å². The molecule has 90 valence electrons. The fourth-order valence-electron chi connectivity index (χ4n) is 1.19. The Bertz CT molecular complexity index is 301. The molecule has 1 aromatic carbocycles. The van der Waals surface area contributed by atoms with E-state index in [1.165, 1.54) is 16.2 Å². The first kappa shape index (κ1) is 13.9. The van der Waals surface area contributed by atoms with E-state index in [0.29, 0.717) is 0 Å². The Labute approximate surface area is 108 Å². The predicted octanol–water partition coefficient (Wildman–Crippen LogP) is 3.56. The summed E-state index contributed by atoms with van der Waals surface area (Å²) in [4.78, 5) is 1.36. The molecular formula is C13H21NS2. The van der Waals surface area contributed by atoms with Crippen molar-refractivity contribution >= 4 is 23.5 Å². The van der Waals surface area contributed by atoms with Gasteiger partial charge < -0.3 is 5.73 Å². The number of rotatable bonds is 6. The molecule has 0 atom stereocenters. The fraction of sp³-hybridized carbons (Fsp3) is 0.538. The molecule has 1 nitrogen and oxygen atoms in total. The Morgan fingerprint density at radius 2 is 1.75 bits per heavy atom. The van der Waals surface area contributed by atoms with Crippen LogP contribution in [0, 0.1) is 6.92 Å². The second-order valence-electron chi connectivity index (χ2n) is 4.70. The van der Waals surface area contributed by atoms with Crippen molar-refractivity contribution in [2.24, 2.45) is 5.73 Å². The van der Waals surface area contributed by atoms with Crippen molar-refractivity contribution in [3.8, 4) is 0 Å². The average Bonchev–Trinajstić information content (AvgIpc) is 2.19. The molecule has 0 spiro atoms. The first-order chi connectivity index (χ1) is 7.47. The highest BCUT2D eigenvalue weighted by atomic mass is 32.2. The summed E-state index contributed by atoms with van der Waals surface area (Å²) in [5.74, 6) is 3.35. The van der Waals surface area contributed by atoms with Crippen LogP contribution in [0.2, 0.25) is 0 Å². The highest BCUT2D eigenvalue weighted by Crippen LogP contribution is 2.20. The number of thioether (sulfide) groups is 2.